The van der Waals surface area contributed by atoms with Gasteiger partial charge in [0.1, 0.15) is 6.04 Å². The number of amides is 2. The molecule has 0 aliphatic carbocycles. The first-order valence-corrected chi connectivity index (χ1v) is 9.77. The molecule has 3 N–H and O–H groups in total. The number of thiazole rings is 1. The molecule has 0 bridgehead atoms. The highest BCUT2D eigenvalue weighted by Gasteiger charge is 2.35. The Morgan fingerprint density at radius 2 is 2.07 bits per heavy atom. The molecule has 0 radical (unpaired) electrons. The molecule has 1 atom stereocenters. The van der Waals surface area contributed by atoms with E-state index in [1.165, 1.54) is 11.3 Å². The largest absolute Gasteiger partial charge is 0.375 e. The van der Waals surface area contributed by atoms with Crippen LogP contribution in [0.3, 0.4) is 0 Å². The van der Waals surface area contributed by atoms with E-state index in [0.29, 0.717) is 17.2 Å². The van der Waals surface area contributed by atoms with E-state index < -0.39 is 6.04 Å². The summed E-state index contributed by atoms with van der Waals surface area (Å²) in [6.07, 6.45) is 1.53. The number of aromatic nitrogens is 1. The van der Waals surface area contributed by atoms with Crippen LogP contribution in [-0.4, -0.2) is 29.4 Å². The van der Waals surface area contributed by atoms with E-state index >= 15 is 0 Å². The van der Waals surface area contributed by atoms with Gasteiger partial charge in [-0.05, 0) is 37.3 Å². The van der Waals surface area contributed by atoms with E-state index in [4.69, 9.17) is 5.73 Å². The smallest absolute Gasteiger partial charge is 0.259 e. The summed E-state index contributed by atoms with van der Waals surface area (Å²) in [4.78, 5) is 31.3. The fourth-order valence-electron chi connectivity index (χ4n) is 3.51. The van der Waals surface area contributed by atoms with Crippen LogP contribution >= 0.6 is 11.3 Å². The Morgan fingerprint density at radius 3 is 2.81 bits per heavy atom. The fourth-order valence-corrected chi connectivity index (χ4v) is 4.10. The molecule has 3 aromatic rings. The normalized spacial score (nSPS) is 14.0. The molecule has 27 heavy (non-hydrogen) atoms. The highest BCUT2D eigenvalue weighted by Crippen LogP contribution is 2.38. The van der Waals surface area contributed by atoms with E-state index in [-0.39, 0.29) is 11.8 Å². The first-order valence-electron chi connectivity index (χ1n) is 8.89. The van der Waals surface area contributed by atoms with Crippen molar-refractivity contribution in [2.24, 2.45) is 0 Å². The Bertz CT molecular complexity index is 1020. The molecule has 138 valence electrons. The van der Waals surface area contributed by atoms with E-state index in [0.717, 1.165) is 35.0 Å². The third-order valence-electron chi connectivity index (χ3n) is 4.84. The Kier molecular flexibility index (Phi) is 4.53. The topological polar surface area (TPSA) is 88.3 Å². The van der Waals surface area contributed by atoms with Gasteiger partial charge in [0.05, 0.1) is 11.4 Å². The van der Waals surface area contributed by atoms with E-state index in [2.05, 4.69) is 10.3 Å². The van der Waals surface area contributed by atoms with Crippen LogP contribution in [0.25, 0.3) is 10.8 Å². The molecular formula is C20H20N4O2S. The SMILES string of the molecule is CC(C(=O)NCCCc1csc(N)n1)N1C(=O)c2cccc3cccc1c23. The zero-order valence-corrected chi connectivity index (χ0v) is 15.8. The lowest BCUT2D eigenvalue weighted by Crippen LogP contribution is -2.47. The van der Waals surface area contributed by atoms with Crippen LogP contribution in [0.4, 0.5) is 10.8 Å². The van der Waals surface area contributed by atoms with Crippen molar-refractivity contribution in [3.05, 3.63) is 53.0 Å². The molecule has 0 saturated heterocycles. The summed E-state index contributed by atoms with van der Waals surface area (Å²) >= 11 is 1.42. The molecule has 0 saturated carbocycles. The van der Waals surface area contributed by atoms with Crippen molar-refractivity contribution >= 4 is 44.7 Å². The van der Waals surface area contributed by atoms with Crippen LogP contribution in [0.15, 0.2) is 41.8 Å². The quantitative estimate of drug-likeness (QED) is 0.644. The van der Waals surface area contributed by atoms with Crippen molar-refractivity contribution in [3.63, 3.8) is 0 Å². The first-order chi connectivity index (χ1) is 13.1. The van der Waals surface area contributed by atoms with Gasteiger partial charge < -0.3 is 11.1 Å². The fraction of sp³-hybridized carbons (Fsp3) is 0.250. The number of carbonyl (C=O) groups excluding carboxylic acids is 2. The van der Waals surface area contributed by atoms with Crippen LogP contribution < -0.4 is 16.0 Å². The van der Waals surface area contributed by atoms with Crippen molar-refractivity contribution in [3.8, 4) is 0 Å². The van der Waals surface area contributed by atoms with Crippen LogP contribution in [0.5, 0.6) is 0 Å². The number of nitrogens with zero attached hydrogens (tertiary/aromatic N) is 2. The van der Waals surface area contributed by atoms with Gasteiger partial charge in [0.2, 0.25) is 5.91 Å². The maximum atomic E-state index is 12.9. The Labute approximate surface area is 161 Å². The Hall–Kier alpha value is -2.93. The minimum absolute atomic E-state index is 0.123. The summed E-state index contributed by atoms with van der Waals surface area (Å²) in [7, 11) is 0. The van der Waals surface area contributed by atoms with E-state index in [1.807, 2.05) is 41.8 Å². The number of carbonyl (C=O) groups is 2. The van der Waals surface area contributed by atoms with Gasteiger partial charge >= 0.3 is 0 Å². The molecule has 1 aliphatic rings. The number of anilines is 2. The molecule has 2 aromatic carbocycles. The molecule has 2 heterocycles. The number of nitrogens with one attached hydrogen (secondary N) is 1. The molecule has 0 spiro atoms. The maximum absolute atomic E-state index is 12.9. The molecule has 4 rings (SSSR count). The molecule has 1 aromatic heterocycles. The number of aryl methyl sites for hydroxylation is 1. The summed E-state index contributed by atoms with van der Waals surface area (Å²) in [5.74, 6) is -0.284. The molecule has 2 amide bonds. The predicted octanol–water partition coefficient (Wildman–Crippen LogP) is 2.98. The highest BCUT2D eigenvalue weighted by molar-refractivity contribution is 7.13. The van der Waals surface area contributed by atoms with Gasteiger partial charge in [-0.1, -0.05) is 24.3 Å². The Morgan fingerprint density at radius 1 is 1.30 bits per heavy atom. The number of hydrogen-bond donors (Lipinski definition) is 2. The van der Waals surface area contributed by atoms with Crippen molar-refractivity contribution in [2.45, 2.75) is 25.8 Å². The summed E-state index contributed by atoms with van der Waals surface area (Å²) < 4.78 is 0. The third kappa shape index (κ3) is 3.14. The van der Waals surface area contributed by atoms with E-state index in [1.54, 1.807) is 11.8 Å². The predicted molar refractivity (Wildman–Crippen MR) is 108 cm³/mol. The average molecular weight is 380 g/mol. The Balaban J connectivity index is 1.42. The third-order valence-corrected chi connectivity index (χ3v) is 5.56. The van der Waals surface area contributed by atoms with Gasteiger partial charge in [-0.15, -0.1) is 11.3 Å². The van der Waals surface area contributed by atoms with Crippen molar-refractivity contribution in [1.29, 1.82) is 0 Å². The van der Waals surface area contributed by atoms with Gasteiger partial charge in [-0.3, -0.25) is 14.5 Å². The van der Waals surface area contributed by atoms with Crippen LogP contribution in [-0.2, 0) is 11.2 Å². The lowest BCUT2D eigenvalue weighted by Gasteiger charge is -2.24. The molecule has 1 unspecified atom stereocenters. The maximum Gasteiger partial charge on any atom is 0.259 e. The summed E-state index contributed by atoms with van der Waals surface area (Å²) in [5.41, 5.74) is 8.02. The van der Waals surface area contributed by atoms with E-state index in [9.17, 15) is 9.59 Å². The molecular weight excluding hydrogens is 360 g/mol. The zero-order chi connectivity index (χ0) is 19.0. The standard InChI is InChI=1S/C20H20N4O2S/c1-12(18(25)22-10-4-7-14-11-27-20(21)23-14)24-16-9-3-6-13-5-2-8-15(17(13)16)19(24)26/h2-3,5-6,8-9,11-12H,4,7,10H2,1H3,(H2,21,23)(H,22,25). The second-order valence-corrected chi connectivity index (χ2v) is 7.49. The monoisotopic (exact) mass is 380 g/mol. The van der Waals surface area contributed by atoms with Crippen molar-refractivity contribution in [2.75, 3.05) is 17.2 Å². The lowest BCUT2D eigenvalue weighted by atomic mass is 10.1. The second-order valence-electron chi connectivity index (χ2n) is 6.60. The number of rotatable bonds is 6. The van der Waals surface area contributed by atoms with Crippen molar-refractivity contribution < 1.29 is 9.59 Å². The van der Waals surface area contributed by atoms with Crippen LogP contribution in [0, 0.1) is 0 Å². The molecule has 6 nitrogen and oxygen atoms in total. The molecule has 1 aliphatic heterocycles. The van der Waals surface area contributed by atoms with Gasteiger partial charge in [0, 0.05) is 22.9 Å². The summed E-state index contributed by atoms with van der Waals surface area (Å²) in [5, 5.41) is 7.35. The second kappa shape index (κ2) is 7.00. The number of nitrogen functional groups attached to an aromatic ring is 1. The van der Waals surface area contributed by atoms with Gasteiger partial charge in [-0.25, -0.2) is 4.98 Å². The van der Waals surface area contributed by atoms with Gasteiger partial charge in [0.15, 0.2) is 5.13 Å². The van der Waals surface area contributed by atoms with Gasteiger partial charge in [-0.2, -0.15) is 0 Å². The summed E-state index contributed by atoms with van der Waals surface area (Å²) in [6.45, 7) is 2.29. The van der Waals surface area contributed by atoms with Crippen molar-refractivity contribution in [1.82, 2.24) is 10.3 Å². The van der Waals surface area contributed by atoms with Crippen LogP contribution in [0.2, 0.25) is 0 Å². The minimum atomic E-state index is -0.578. The minimum Gasteiger partial charge on any atom is -0.375 e. The highest BCUT2D eigenvalue weighted by atomic mass is 32.1. The molecule has 0 fully saturated rings. The number of nitrogens with two attached hydrogens (primary N) is 1. The van der Waals surface area contributed by atoms with Crippen LogP contribution in [0.1, 0.15) is 29.4 Å². The average Bonchev–Trinajstić information content (AvgIpc) is 3.21. The number of benzene rings is 2. The summed E-state index contributed by atoms with van der Waals surface area (Å²) in [6, 6.07) is 10.9. The number of hydrogen-bond acceptors (Lipinski definition) is 5. The lowest BCUT2D eigenvalue weighted by molar-refractivity contribution is -0.121. The molecule has 7 heteroatoms. The van der Waals surface area contributed by atoms with Gasteiger partial charge in [0.25, 0.3) is 5.91 Å². The zero-order valence-electron chi connectivity index (χ0n) is 14.9. The first kappa shape index (κ1) is 17.5.